The van der Waals surface area contributed by atoms with Gasteiger partial charge in [0.05, 0.1) is 6.04 Å². The van der Waals surface area contributed by atoms with E-state index >= 15 is 0 Å². The molecule has 28 heavy (non-hydrogen) atoms. The average Bonchev–Trinajstić information content (AvgIpc) is 3.09. The Morgan fingerprint density at radius 3 is 2.39 bits per heavy atom. The Bertz CT molecular complexity index is 950. The summed E-state index contributed by atoms with van der Waals surface area (Å²) >= 11 is 0. The summed E-state index contributed by atoms with van der Waals surface area (Å²) in [6, 6.07) is 16.0. The molecule has 0 radical (unpaired) electrons. The summed E-state index contributed by atoms with van der Waals surface area (Å²) in [6.07, 6.45) is 2.54. The van der Waals surface area contributed by atoms with Crippen molar-refractivity contribution in [2.45, 2.75) is 24.9 Å². The second-order valence-corrected chi connectivity index (χ2v) is 7.13. The van der Waals surface area contributed by atoms with Crippen LogP contribution in [0, 0.1) is 0 Å². The summed E-state index contributed by atoms with van der Waals surface area (Å²) in [4.78, 5) is 29.6. The van der Waals surface area contributed by atoms with Crippen LogP contribution >= 0.6 is 0 Å². The number of hydrogen-bond acceptors (Lipinski definition) is 3. The molecular weight excluding hydrogens is 354 g/mol. The largest absolute Gasteiger partial charge is 0.480 e. The van der Waals surface area contributed by atoms with E-state index in [0.717, 1.165) is 22.0 Å². The van der Waals surface area contributed by atoms with E-state index in [1.807, 2.05) is 73.6 Å². The zero-order valence-electron chi connectivity index (χ0n) is 16.1. The van der Waals surface area contributed by atoms with E-state index in [1.165, 1.54) is 0 Å². The Morgan fingerprint density at radius 2 is 1.71 bits per heavy atom. The molecule has 0 aliphatic carbocycles. The van der Waals surface area contributed by atoms with Gasteiger partial charge in [0.25, 0.3) is 0 Å². The highest BCUT2D eigenvalue weighted by molar-refractivity contribution is 5.88. The first-order valence-corrected chi connectivity index (χ1v) is 9.24. The molecule has 3 N–H and O–H groups in total. The molecule has 6 nitrogen and oxygen atoms in total. The maximum absolute atomic E-state index is 12.9. The molecule has 6 heteroatoms. The van der Waals surface area contributed by atoms with Gasteiger partial charge in [-0.2, -0.15) is 0 Å². The summed E-state index contributed by atoms with van der Waals surface area (Å²) < 4.78 is 0. The van der Waals surface area contributed by atoms with Crippen LogP contribution in [0.1, 0.15) is 11.1 Å². The number of carbonyl (C=O) groups excluding carboxylic acids is 1. The van der Waals surface area contributed by atoms with Gasteiger partial charge in [-0.3, -0.25) is 9.69 Å². The Morgan fingerprint density at radius 1 is 1.04 bits per heavy atom. The topological polar surface area (TPSA) is 85.4 Å². The normalized spacial score (nSPS) is 13.4. The van der Waals surface area contributed by atoms with Crippen LogP contribution in [0.15, 0.2) is 60.8 Å². The van der Waals surface area contributed by atoms with E-state index in [2.05, 4.69) is 10.3 Å². The van der Waals surface area contributed by atoms with Crippen molar-refractivity contribution < 1.29 is 14.7 Å². The van der Waals surface area contributed by atoms with E-state index in [1.54, 1.807) is 6.20 Å². The molecule has 1 heterocycles. The van der Waals surface area contributed by atoms with E-state index in [9.17, 15) is 14.7 Å². The molecule has 2 aromatic carbocycles. The zero-order chi connectivity index (χ0) is 20.1. The Balaban J connectivity index is 1.75. The molecule has 1 aromatic heterocycles. The van der Waals surface area contributed by atoms with Crippen molar-refractivity contribution in [1.82, 2.24) is 15.2 Å². The van der Waals surface area contributed by atoms with Gasteiger partial charge in [0, 0.05) is 23.5 Å². The molecule has 0 aliphatic rings. The standard InChI is InChI=1S/C22H25N3O3/c1-25(2)20(12-15-8-4-3-5-9-15)21(26)24-19(22(27)28)13-16-14-23-18-11-7-6-10-17(16)18/h3-11,14,19-20,23H,12-13H2,1-2H3,(H,24,26)(H,27,28)/t19-,20-/m0/s1. The van der Waals surface area contributed by atoms with Gasteiger partial charge >= 0.3 is 5.97 Å². The van der Waals surface area contributed by atoms with Crippen LogP contribution in [0.3, 0.4) is 0 Å². The van der Waals surface area contributed by atoms with Crippen LogP contribution in [0.4, 0.5) is 0 Å². The number of aromatic amines is 1. The Kier molecular flexibility index (Phi) is 6.11. The number of carboxylic acid groups (broad SMARTS) is 1. The molecule has 3 rings (SSSR count). The summed E-state index contributed by atoms with van der Waals surface area (Å²) in [7, 11) is 3.64. The predicted molar refractivity (Wildman–Crippen MR) is 109 cm³/mol. The quantitative estimate of drug-likeness (QED) is 0.561. The van der Waals surface area contributed by atoms with E-state index < -0.39 is 18.1 Å². The van der Waals surface area contributed by atoms with Crippen molar-refractivity contribution in [3.05, 3.63) is 71.9 Å². The molecular formula is C22H25N3O3. The number of carbonyl (C=O) groups is 2. The maximum Gasteiger partial charge on any atom is 0.326 e. The number of carboxylic acids is 1. The summed E-state index contributed by atoms with van der Waals surface area (Å²) in [5.74, 6) is -1.34. The predicted octanol–water partition coefficient (Wildman–Crippen LogP) is 2.45. The minimum absolute atomic E-state index is 0.219. The summed E-state index contributed by atoms with van der Waals surface area (Å²) in [5, 5.41) is 13.4. The SMILES string of the molecule is CN(C)[C@@H](Cc1ccccc1)C(=O)N[C@@H](Cc1c[nH]c2ccccc12)C(=O)O. The van der Waals surface area contributed by atoms with Crippen LogP contribution < -0.4 is 5.32 Å². The van der Waals surface area contributed by atoms with Crippen molar-refractivity contribution in [3.63, 3.8) is 0 Å². The van der Waals surface area contributed by atoms with Gasteiger partial charge in [0.1, 0.15) is 6.04 Å². The number of fused-ring (bicyclic) bond motifs is 1. The second-order valence-electron chi connectivity index (χ2n) is 7.13. The molecule has 2 atom stereocenters. The van der Waals surface area contributed by atoms with Crippen LogP contribution in [-0.2, 0) is 22.4 Å². The van der Waals surface area contributed by atoms with Gasteiger partial charge in [-0.15, -0.1) is 0 Å². The summed E-state index contributed by atoms with van der Waals surface area (Å²) in [6.45, 7) is 0. The third-order valence-electron chi connectivity index (χ3n) is 4.91. The number of rotatable bonds is 8. The molecule has 0 spiro atoms. The van der Waals surface area contributed by atoms with Crippen LogP contribution in [0.25, 0.3) is 10.9 Å². The lowest BCUT2D eigenvalue weighted by atomic mass is 10.0. The molecule has 0 unspecified atom stereocenters. The smallest absolute Gasteiger partial charge is 0.326 e. The van der Waals surface area contributed by atoms with Gasteiger partial charge in [0.15, 0.2) is 0 Å². The van der Waals surface area contributed by atoms with E-state index in [0.29, 0.717) is 6.42 Å². The highest BCUT2D eigenvalue weighted by Gasteiger charge is 2.27. The Hall–Kier alpha value is -3.12. The number of benzene rings is 2. The number of hydrogen-bond donors (Lipinski definition) is 3. The van der Waals surface area contributed by atoms with E-state index in [-0.39, 0.29) is 12.3 Å². The lowest BCUT2D eigenvalue weighted by molar-refractivity contribution is -0.142. The number of para-hydroxylation sites is 1. The second kappa shape index (κ2) is 8.71. The lowest BCUT2D eigenvalue weighted by Crippen LogP contribution is -2.51. The van der Waals surface area contributed by atoms with Crippen molar-refractivity contribution in [2.75, 3.05) is 14.1 Å². The summed E-state index contributed by atoms with van der Waals surface area (Å²) in [5.41, 5.74) is 2.84. The fourth-order valence-electron chi connectivity index (χ4n) is 3.34. The molecule has 0 bridgehead atoms. The van der Waals surface area contributed by atoms with Crippen molar-refractivity contribution in [3.8, 4) is 0 Å². The molecule has 0 saturated carbocycles. The number of likely N-dealkylation sites (N-methyl/N-ethyl adjacent to an activating group) is 1. The number of nitrogens with zero attached hydrogens (tertiary/aromatic N) is 1. The van der Waals surface area contributed by atoms with Gasteiger partial charge in [-0.25, -0.2) is 4.79 Å². The fraction of sp³-hybridized carbons (Fsp3) is 0.273. The molecule has 0 saturated heterocycles. The molecule has 146 valence electrons. The zero-order valence-corrected chi connectivity index (χ0v) is 16.1. The lowest BCUT2D eigenvalue weighted by Gasteiger charge is -2.25. The number of aliphatic carboxylic acids is 1. The van der Waals surface area contributed by atoms with Crippen molar-refractivity contribution >= 4 is 22.8 Å². The van der Waals surface area contributed by atoms with Gasteiger partial charge in [-0.05, 0) is 37.7 Å². The van der Waals surface area contributed by atoms with Gasteiger partial charge in [0.2, 0.25) is 5.91 Å². The highest BCUT2D eigenvalue weighted by atomic mass is 16.4. The third kappa shape index (κ3) is 4.58. The minimum atomic E-state index is -1.05. The first-order chi connectivity index (χ1) is 13.5. The fourth-order valence-corrected chi connectivity index (χ4v) is 3.34. The third-order valence-corrected chi connectivity index (χ3v) is 4.91. The van der Waals surface area contributed by atoms with Crippen molar-refractivity contribution in [1.29, 1.82) is 0 Å². The van der Waals surface area contributed by atoms with Crippen LogP contribution in [0.5, 0.6) is 0 Å². The number of aromatic nitrogens is 1. The highest BCUT2D eigenvalue weighted by Crippen LogP contribution is 2.19. The number of amides is 1. The average molecular weight is 379 g/mol. The monoisotopic (exact) mass is 379 g/mol. The minimum Gasteiger partial charge on any atom is -0.480 e. The maximum atomic E-state index is 12.9. The van der Waals surface area contributed by atoms with E-state index in [4.69, 9.17) is 0 Å². The Labute approximate surface area is 164 Å². The first-order valence-electron chi connectivity index (χ1n) is 9.24. The molecule has 0 fully saturated rings. The van der Waals surface area contributed by atoms with Gasteiger partial charge in [-0.1, -0.05) is 48.5 Å². The first kappa shape index (κ1) is 19.6. The molecule has 0 aliphatic heterocycles. The molecule has 1 amide bonds. The molecule has 3 aromatic rings. The number of H-pyrrole nitrogens is 1. The number of nitrogens with one attached hydrogen (secondary N) is 2. The van der Waals surface area contributed by atoms with Crippen LogP contribution in [0.2, 0.25) is 0 Å². The van der Waals surface area contributed by atoms with Crippen molar-refractivity contribution in [2.24, 2.45) is 0 Å². The van der Waals surface area contributed by atoms with Gasteiger partial charge < -0.3 is 15.4 Å². The van der Waals surface area contributed by atoms with Crippen LogP contribution in [-0.4, -0.2) is 53.0 Å².